The summed E-state index contributed by atoms with van der Waals surface area (Å²) in [5.74, 6) is -0.0769. The Bertz CT molecular complexity index is 859. The second kappa shape index (κ2) is 6.09. The minimum Gasteiger partial charge on any atom is -0.370 e. The fraction of sp³-hybridized carbons (Fsp3) is 0.118. The van der Waals surface area contributed by atoms with Gasteiger partial charge in [0.2, 0.25) is 0 Å². The number of nitrogens with two attached hydrogens (primary N) is 2. The standard InChI is InChI=1S/C17H14ClF3N4/c18-11-7-5-10(6-8-11)16(23)9-14(24-15(22)25-16)12-3-1-2-4-13(12)17(19,20)21/h1-9H,23H2,(H3,22,24,25). The number of halogens is 4. The molecule has 1 heterocycles. The number of nitrogens with one attached hydrogen (secondary N) is 1. The van der Waals surface area contributed by atoms with Crippen molar-refractivity contribution >= 4 is 23.3 Å². The van der Waals surface area contributed by atoms with E-state index in [0.717, 1.165) is 6.07 Å². The summed E-state index contributed by atoms with van der Waals surface area (Å²) < 4.78 is 39.9. The van der Waals surface area contributed by atoms with Crippen molar-refractivity contribution in [1.29, 1.82) is 0 Å². The van der Waals surface area contributed by atoms with Gasteiger partial charge in [-0.3, -0.25) is 5.73 Å². The summed E-state index contributed by atoms with van der Waals surface area (Å²) in [5.41, 5.74) is 10.5. The van der Waals surface area contributed by atoms with Crippen LogP contribution in [0.5, 0.6) is 0 Å². The highest BCUT2D eigenvalue weighted by Crippen LogP contribution is 2.36. The van der Waals surface area contributed by atoms with Crippen molar-refractivity contribution in [3.8, 4) is 0 Å². The number of rotatable bonds is 2. The molecule has 8 heteroatoms. The van der Waals surface area contributed by atoms with E-state index >= 15 is 0 Å². The fourth-order valence-electron chi connectivity index (χ4n) is 2.63. The molecule has 4 nitrogen and oxygen atoms in total. The lowest BCUT2D eigenvalue weighted by Gasteiger charge is -2.29. The molecule has 1 aliphatic rings. The topological polar surface area (TPSA) is 76.4 Å². The van der Waals surface area contributed by atoms with Crippen molar-refractivity contribution in [2.75, 3.05) is 0 Å². The van der Waals surface area contributed by atoms with E-state index in [0.29, 0.717) is 10.6 Å². The number of aliphatic imine (C=N–C) groups is 1. The van der Waals surface area contributed by atoms with Crippen molar-refractivity contribution in [1.82, 2.24) is 5.32 Å². The molecule has 0 saturated carbocycles. The Morgan fingerprint density at radius 2 is 1.68 bits per heavy atom. The monoisotopic (exact) mass is 366 g/mol. The largest absolute Gasteiger partial charge is 0.417 e. The highest BCUT2D eigenvalue weighted by molar-refractivity contribution is 6.30. The molecule has 0 aliphatic carbocycles. The molecule has 0 bridgehead atoms. The first-order chi connectivity index (χ1) is 11.7. The number of hydrogen-bond acceptors (Lipinski definition) is 4. The third-order valence-corrected chi connectivity index (χ3v) is 4.01. The molecule has 1 atom stereocenters. The molecular formula is C17H14ClF3N4. The van der Waals surface area contributed by atoms with Crippen LogP contribution in [0.2, 0.25) is 5.02 Å². The van der Waals surface area contributed by atoms with Crippen LogP contribution in [0, 0.1) is 0 Å². The molecule has 0 spiro atoms. The maximum atomic E-state index is 13.3. The predicted molar refractivity (Wildman–Crippen MR) is 91.5 cm³/mol. The molecule has 3 rings (SSSR count). The first-order valence-electron chi connectivity index (χ1n) is 7.26. The molecule has 130 valence electrons. The molecule has 0 fully saturated rings. The zero-order valence-corrected chi connectivity index (χ0v) is 13.6. The Morgan fingerprint density at radius 1 is 1.04 bits per heavy atom. The maximum Gasteiger partial charge on any atom is 0.417 e. The molecule has 25 heavy (non-hydrogen) atoms. The normalized spacial score (nSPS) is 20.5. The van der Waals surface area contributed by atoms with Crippen LogP contribution >= 0.6 is 11.6 Å². The van der Waals surface area contributed by atoms with Gasteiger partial charge < -0.3 is 11.1 Å². The molecule has 1 aliphatic heterocycles. The average Bonchev–Trinajstić information content (AvgIpc) is 2.54. The second-order valence-electron chi connectivity index (χ2n) is 5.56. The van der Waals surface area contributed by atoms with E-state index in [1.807, 2.05) is 0 Å². The summed E-state index contributed by atoms with van der Waals surface area (Å²) >= 11 is 5.87. The van der Waals surface area contributed by atoms with Crippen LogP contribution in [-0.4, -0.2) is 5.96 Å². The highest BCUT2D eigenvalue weighted by atomic mass is 35.5. The Balaban J connectivity index is 2.13. The maximum absolute atomic E-state index is 13.3. The minimum atomic E-state index is -4.51. The van der Waals surface area contributed by atoms with Gasteiger partial charge in [-0.25, -0.2) is 4.99 Å². The van der Waals surface area contributed by atoms with Gasteiger partial charge in [0.25, 0.3) is 0 Å². The molecule has 0 radical (unpaired) electrons. The molecule has 0 amide bonds. The zero-order valence-electron chi connectivity index (χ0n) is 12.8. The first kappa shape index (κ1) is 17.3. The second-order valence-corrected chi connectivity index (χ2v) is 5.99. The van der Waals surface area contributed by atoms with Gasteiger partial charge in [-0.05, 0) is 29.8 Å². The van der Waals surface area contributed by atoms with Crippen molar-refractivity contribution in [2.45, 2.75) is 11.8 Å². The molecule has 1 unspecified atom stereocenters. The Labute approximate surface area is 147 Å². The van der Waals surface area contributed by atoms with Gasteiger partial charge in [0.1, 0.15) is 0 Å². The van der Waals surface area contributed by atoms with Gasteiger partial charge >= 0.3 is 6.18 Å². The van der Waals surface area contributed by atoms with E-state index < -0.39 is 17.4 Å². The third-order valence-electron chi connectivity index (χ3n) is 3.76. The van der Waals surface area contributed by atoms with Crippen molar-refractivity contribution in [3.63, 3.8) is 0 Å². The van der Waals surface area contributed by atoms with E-state index in [1.165, 1.54) is 24.3 Å². The van der Waals surface area contributed by atoms with Gasteiger partial charge in [-0.1, -0.05) is 41.9 Å². The Hall–Kier alpha value is -2.51. The lowest BCUT2D eigenvalue weighted by molar-refractivity contribution is -0.137. The van der Waals surface area contributed by atoms with Gasteiger partial charge in [0.15, 0.2) is 11.6 Å². The smallest absolute Gasteiger partial charge is 0.370 e. The van der Waals surface area contributed by atoms with E-state index in [2.05, 4.69) is 10.3 Å². The van der Waals surface area contributed by atoms with E-state index in [4.69, 9.17) is 23.1 Å². The van der Waals surface area contributed by atoms with Gasteiger partial charge in [-0.2, -0.15) is 13.2 Å². The third kappa shape index (κ3) is 3.47. The molecule has 2 aromatic carbocycles. The number of hydrogen-bond donors (Lipinski definition) is 3. The molecule has 0 saturated heterocycles. The van der Waals surface area contributed by atoms with E-state index in [-0.39, 0.29) is 17.2 Å². The summed E-state index contributed by atoms with van der Waals surface area (Å²) in [4.78, 5) is 4.14. The van der Waals surface area contributed by atoms with Crippen LogP contribution in [0.3, 0.4) is 0 Å². The van der Waals surface area contributed by atoms with Crippen molar-refractivity contribution < 1.29 is 13.2 Å². The summed E-state index contributed by atoms with van der Waals surface area (Å²) in [7, 11) is 0. The quantitative estimate of drug-likeness (QED) is 0.762. The molecule has 2 aromatic rings. The highest BCUT2D eigenvalue weighted by Gasteiger charge is 2.36. The lowest BCUT2D eigenvalue weighted by Crippen LogP contribution is -2.44. The average molecular weight is 367 g/mol. The van der Waals surface area contributed by atoms with Crippen molar-refractivity contribution in [3.05, 3.63) is 76.3 Å². The van der Waals surface area contributed by atoms with Crippen molar-refractivity contribution in [2.24, 2.45) is 16.5 Å². The molecular weight excluding hydrogens is 353 g/mol. The predicted octanol–water partition coefficient (Wildman–Crippen LogP) is 3.43. The number of alkyl halides is 3. The fourth-order valence-corrected chi connectivity index (χ4v) is 2.75. The van der Waals surface area contributed by atoms with Gasteiger partial charge in [0, 0.05) is 16.3 Å². The lowest BCUT2D eigenvalue weighted by atomic mass is 9.95. The van der Waals surface area contributed by atoms with Crippen LogP contribution in [-0.2, 0) is 11.8 Å². The number of guanidine groups is 1. The summed E-state index contributed by atoms with van der Waals surface area (Å²) in [6.07, 6.45) is -3.10. The summed E-state index contributed by atoms with van der Waals surface area (Å²) in [5, 5.41) is 3.17. The number of nitrogens with zero attached hydrogens (tertiary/aromatic N) is 1. The summed E-state index contributed by atoms with van der Waals surface area (Å²) in [6.45, 7) is 0. The van der Waals surface area contributed by atoms with E-state index in [1.54, 1.807) is 24.3 Å². The zero-order chi connectivity index (χ0) is 18.2. The molecule has 5 N–H and O–H groups in total. The van der Waals surface area contributed by atoms with Crippen LogP contribution in [0.25, 0.3) is 5.70 Å². The van der Waals surface area contributed by atoms with Gasteiger partial charge in [0.05, 0.1) is 5.56 Å². The van der Waals surface area contributed by atoms with Crippen LogP contribution < -0.4 is 16.8 Å². The Morgan fingerprint density at radius 3 is 2.32 bits per heavy atom. The van der Waals surface area contributed by atoms with E-state index in [9.17, 15) is 13.2 Å². The van der Waals surface area contributed by atoms with Gasteiger partial charge in [-0.15, -0.1) is 0 Å². The van der Waals surface area contributed by atoms with Crippen LogP contribution in [0.1, 0.15) is 16.7 Å². The van der Waals surface area contributed by atoms with Crippen LogP contribution in [0.4, 0.5) is 13.2 Å². The first-order valence-corrected chi connectivity index (χ1v) is 7.63. The van der Waals surface area contributed by atoms with Crippen LogP contribution in [0.15, 0.2) is 59.6 Å². The summed E-state index contributed by atoms with van der Waals surface area (Å²) in [6, 6.07) is 11.7. The number of benzene rings is 2. The molecule has 0 aromatic heterocycles. The minimum absolute atomic E-state index is 0.0587. The SMILES string of the molecule is NC1=NC(N)(c2ccc(Cl)cc2)C=C(c2ccccc2C(F)(F)F)N1. The Kier molecular flexibility index (Phi) is 4.22.